The number of hydrogen-bond acceptors (Lipinski definition) is 4. The fraction of sp³-hybridized carbons (Fsp3) is 0.500. The van der Waals surface area contributed by atoms with E-state index >= 15 is 0 Å². The fourth-order valence-electron chi connectivity index (χ4n) is 4.29. The summed E-state index contributed by atoms with van der Waals surface area (Å²) in [6, 6.07) is 10.4. The maximum Gasteiger partial charge on any atom is 0.309 e. The average Bonchev–Trinajstić information content (AvgIpc) is 3.17. The van der Waals surface area contributed by atoms with Crippen LogP contribution in [-0.2, 0) is 28.1 Å². The van der Waals surface area contributed by atoms with Crippen LogP contribution in [0, 0.1) is 5.92 Å². The fourth-order valence-corrected chi connectivity index (χ4v) is 4.29. The molecule has 0 radical (unpaired) electrons. The Morgan fingerprint density at radius 1 is 1.23 bits per heavy atom. The third-order valence-corrected chi connectivity index (χ3v) is 5.72. The summed E-state index contributed by atoms with van der Waals surface area (Å²) in [5.41, 5.74) is 2.54. The Morgan fingerprint density at radius 3 is 2.77 bits per heavy atom. The van der Waals surface area contributed by atoms with Gasteiger partial charge in [-0.25, -0.2) is 0 Å². The number of carboxylic acids is 1. The second-order valence-electron chi connectivity index (χ2n) is 7.31. The van der Waals surface area contributed by atoms with Crippen LogP contribution in [0.5, 0.6) is 0 Å². The molecule has 1 aromatic heterocycles. The highest BCUT2D eigenvalue weighted by molar-refractivity contribution is 5.70. The van der Waals surface area contributed by atoms with E-state index < -0.39 is 11.9 Å². The summed E-state index contributed by atoms with van der Waals surface area (Å²) >= 11 is 0. The van der Waals surface area contributed by atoms with E-state index in [1.165, 1.54) is 11.1 Å². The molecule has 1 fully saturated rings. The molecule has 2 aliphatic heterocycles. The molecule has 1 saturated heterocycles. The van der Waals surface area contributed by atoms with Gasteiger partial charge in [0, 0.05) is 32.0 Å². The lowest BCUT2D eigenvalue weighted by molar-refractivity contribution is -0.144. The monoisotopic (exact) mass is 355 g/mol. The Balaban J connectivity index is 1.41. The molecule has 4 rings (SSSR count). The van der Waals surface area contributed by atoms with Crippen molar-refractivity contribution in [3.63, 3.8) is 0 Å². The SMILES string of the molecule is O=C(O)C(CN1CCC2(CC1)OCCc1ccccc12)Cn1cccn1. The molecule has 0 bridgehead atoms. The number of ether oxygens (including phenoxy) is 1. The zero-order chi connectivity index (χ0) is 18.0. The number of aliphatic carboxylic acids is 1. The van der Waals surface area contributed by atoms with Gasteiger partial charge in [0.05, 0.1) is 24.7 Å². The molecule has 1 atom stereocenters. The summed E-state index contributed by atoms with van der Waals surface area (Å²) < 4.78 is 7.96. The van der Waals surface area contributed by atoms with Crippen molar-refractivity contribution in [1.29, 1.82) is 0 Å². The minimum absolute atomic E-state index is 0.188. The molecule has 1 spiro atoms. The first-order valence-electron chi connectivity index (χ1n) is 9.31. The molecule has 6 heteroatoms. The molecule has 0 amide bonds. The van der Waals surface area contributed by atoms with Crippen molar-refractivity contribution in [3.05, 3.63) is 53.9 Å². The summed E-state index contributed by atoms with van der Waals surface area (Å²) in [5, 5.41) is 13.7. The lowest BCUT2D eigenvalue weighted by Crippen LogP contribution is -2.48. The zero-order valence-corrected chi connectivity index (χ0v) is 14.9. The molecule has 26 heavy (non-hydrogen) atoms. The topological polar surface area (TPSA) is 67.6 Å². The van der Waals surface area contributed by atoms with Gasteiger partial charge in [-0.15, -0.1) is 0 Å². The van der Waals surface area contributed by atoms with Gasteiger partial charge in [0.2, 0.25) is 0 Å². The van der Waals surface area contributed by atoms with Crippen molar-refractivity contribution in [3.8, 4) is 0 Å². The highest BCUT2D eigenvalue weighted by atomic mass is 16.5. The second-order valence-corrected chi connectivity index (χ2v) is 7.31. The molecule has 2 aliphatic rings. The maximum atomic E-state index is 11.7. The van der Waals surface area contributed by atoms with Crippen LogP contribution in [0.25, 0.3) is 0 Å². The Kier molecular flexibility index (Phi) is 4.78. The van der Waals surface area contributed by atoms with Gasteiger partial charge < -0.3 is 14.7 Å². The van der Waals surface area contributed by atoms with Crippen LogP contribution in [-0.4, -0.2) is 52.0 Å². The van der Waals surface area contributed by atoms with E-state index in [1.807, 2.05) is 12.3 Å². The highest BCUT2D eigenvalue weighted by Crippen LogP contribution is 2.41. The maximum absolute atomic E-state index is 11.7. The van der Waals surface area contributed by atoms with Crippen molar-refractivity contribution >= 4 is 5.97 Å². The van der Waals surface area contributed by atoms with Crippen LogP contribution in [0.1, 0.15) is 24.0 Å². The predicted molar refractivity (Wildman–Crippen MR) is 96.8 cm³/mol. The van der Waals surface area contributed by atoms with E-state index in [0.29, 0.717) is 13.1 Å². The average molecular weight is 355 g/mol. The van der Waals surface area contributed by atoms with E-state index in [1.54, 1.807) is 10.9 Å². The van der Waals surface area contributed by atoms with Crippen molar-refractivity contribution in [2.75, 3.05) is 26.2 Å². The first-order chi connectivity index (χ1) is 12.7. The Hall–Kier alpha value is -2.18. The number of carboxylic acid groups (broad SMARTS) is 1. The first-order valence-corrected chi connectivity index (χ1v) is 9.31. The van der Waals surface area contributed by atoms with E-state index in [-0.39, 0.29) is 5.60 Å². The summed E-state index contributed by atoms with van der Waals surface area (Å²) in [4.78, 5) is 13.9. The van der Waals surface area contributed by atoms with Crippen LogP contribution in [0.3, 0.4) is 0 Å². The highest BCUT2D eigenvalue weighted by Gasteiger charge is 2.41. The molecule has 1 N–H and O–H groups in total. The minimum Gasteiger partial charge on any atom is -0.481 e. The number of nitrogens with zero attached hydrogens (tertiary/aromatic N) is 3. The number of piperidine rings is 1. The van der Waals surface area contributed by atoms with Gasteiger partial charge in [-0.3, -0.25) is 9.48 Å². The molecule has 6 nitrogen and oxygen atoms in total. The lowest BCUT2D eigenvalue weighted by Gasteiger charge is -2.45. The minimum atomic E-state index is -0.764. The first kappa shape index (κ1) is 17.2. The van der Waals surface area contributed by atoms with Gasteiger partial charge in [0.15, 0.2) is 0 Å². The normalized spacial score (nSPS) is 20.6. The number of likely N-dealkylation sites (tertiary alicyclic amines) is 1. The van der Waals surface area contributed by atoms with Gasteiger partial charge >= 0.3 is 5.97 Å². The summed E-state index contributed by atoms with van der Waals surface area (Å²) in [5.74, 6) is -1.22. The molecular weight excluding hydrogens is 330 g/mol. The Morgan fingerprint density at radius 2 is 2.04 bits per heavy atom. The van der Waals surface area contributed by atoms with E-state index in [9.17, 15) is 9.90 Å². The smallest absolute Gasteiger partial charge is 0.309 e. The van der Waals surface area contributed by atoms with Gasteiger partial charge in [-0.2, -0.15) is 5.10 Å². The number of hydrogen-bond donors (Lipinski definition) is 1. The summed E-state index contributed by atoms with van der Waals surface area (Å²) in [7, 11) is 0. The predicted octanol–water partition coefficient (Wildman–Crippen LogP) is 2.15. The third-order valence-electron chi connectivity index (χ3n) is 5.72. The largest absolute Gasteiger partial charge is 0.481 e. The number of fused-ring (bicyclic) bond motifs is 2. The van der Waals surface area contributed by atoms with Gasteiger partial charge in [-0.1, -0.05) is 24.3 Å². The van der Waals surface area contributed by atoms with Crippen molar-refractivity contribution in [1.82, 2.24) is 14.7 Å². The van der Waals surface area contributed by atoms with Crippen LogP contribution >= 0.6 is 0 Å². The van der Waals surface area contributed by atoms with Crippen LogP contribution in [0.2, 0.25) is 0 Å². The van der Waals surface area contributed by atoms with Crippen LogP contribution in [0.15, 0.2) is 42.7 Å². The van der Waals surface area contributed by atoms with Crippen molar-refractivity contribution < 1.29 is 14.6 Å². The molecule has 0 aliphatic carbocycles. The number of carbonyl (C=O) groups is 1. The third kappa shape index (κ3) is 3.39. The van der Waals surface area contributed by atoms with Gasteiger partial charge in [0.25, 0.3) is 0 Å². The summed E-state index contributed by atoms with van der Waals surface area (Å²) in [6.45, 7) is 3.44. The van der Waals surface area contributed by atoms with E-state index in [0.717, 1.165) is 39.0 Å². The van der Waals surface area contributed by atoms with Crippen LogP contribution < -0.4 is 0 Å². The molecule has 1 aromatic carbocycles. The number of aromatic nitrogens is 2. The van der Waals surface area contributed by atoms with Crippen molar-refractivity contribution in [2.45, 2.75) is 31.4 Å². The Labute approximate surface area is 153 Å². The standard InChI is InChI=1S/C20H25N3O3/c24-19(25)17(15-23-10-3-9-21-23)14-22-11-7-20(8-12-22)18-5-2-1-4-16(18)6-13-26-20/h1-5,9-10,17H,6-8,11-15H2,(H,24,25). The quantitative estimate of drug-likeness (QED) is 0.890. The molecule has 2 aromatic rings. The lowest BCUT2D eigenvalue weighted by atomic mass is 9.79. The van der Waals surface area contributed by atoms with E-state index in [2.05, 4.69) is 34.3 Å². The molecule has 0 saturated carbocycles. The molecule has 3 heterocycles. The second kappa shape index (κ2) is 7.21. The van der Waals surface area contributed by atoms with E-state index in [4.69, 9.17) is 4.74 Å². The molecular formula is C20H25N3O3. The van der Waals surface area contributed by atoms with Crippen LogP contribution in [0.4, 0.5) is 0 Å². The van der Waals surface area contributed by atoms with Crippen molar-refractivity contribution in [2.24, 2.45) is 5.92 Å². The van der Waals surface area contributed by atoms with Gasteiger partial charge in [-0.05, 0) is 36.5 Å². The Bertz CT molecular complexity index is 751. The number of rotatable bonds is 5. The molecule has 1 unspecified atom stereocenters. The van der Waals surface area contributed by atoms with Gasteiger partial charge in [0.1, 0.15) is 0 Å². The molecule has 138 valence electrons. The zero-order valence-electron chi connectivity index (χ0n) is 14.9. The summed E-state index contributed by atoms with van der Waals surface area (Å²) in [6.07, 6.45) is 6.30. The number of benzene rings is 1.